The third kappa shape index (κ3) is 54.9. The zero-order valence-corrected chi connectivity index (χ0v) is 87.6. The maximum absolute atomic E-state index is 15.0. The lowest BCUT2D eigenvalue weighted by Crippen LogP contribution is -2.61. The average Bonchev–Trinajstić information content (AvgIpc) is 0.846. The number of carbonyl (C=O) groups excluding carboxylic acids is 17. The van der Waals surface area contributed by atoms with Crippen molar-refractivity contribution in [2.24, 2.45) is 81.4 Å². The van der Waals surface area contributed by atoms with Crippen molar-refractivity contribution in [2.75, 3.05) is 59.0 Å². The Morgan fingerprint density at radius 3 is 0.646 bits per heavy atom. The molecular weight excluding hydrogens is 1860 g/mol. The lowest BCUT2D eigenvalue weighted by molar-refractivity contribution is -0.138. The molecule has 17 amide bonds. The number of unbranched alkanes of at least 4 members (excludes halogenated alkanes) is 7. The Balaban J connectivity index is 3.78. The molecule has 1 rings (SSSR count). The van der Waals surface area contributed by atoms with E-state index in [-0.39, 0.29) is 196 Å². The van der Waals surface area contributed by atoms with Gasteiger partial charge in [-0.05, 0) is 286 Å². The second-order valence-corrected chi connectivity index (χ2v) is 39.9. The number of hydrogen-bond donors (Lipinski definition) is 28. The van der Waals surface area contributed by atoms with E-state index in [1.807, 2.05) is 13.8 Å². The maximum Gasteiger partial charge on any atom is 0.322 e. The van der Waals surface area contributed by atoms with Crippen LogP contribution in [0.15, 0.2) is 24.3 Å². The number of rotatable bonds is 78. The largest absolute Gasteiger partial charge is 0.508 e. The summed E-state index contributed by atoms with van der Waals surface area (Å²) in [4.78, 5) is 256. The molecule has 0 saturated heterocycles. The molecule has 0 bridgehead atoms. The van der Waals surface area contributed by atoms with Crippen LogP contribution in [0.4, 0.5) is 0 Å². The monoisotopic (exact) mass is 2040 g/mol. The summed E-state index contributed by atoms with van der Waals surface area (Å²) in [5.74, 6) is -16.7. The molecule has 17 atom stereocenters. The normalized spacial score (nSPS) is 15.0. The number of phenols is 1. The van der Waals surface area contributed by atoms with E-state index in [9.17, 15) is 102 Å². The average molecular weight is 2040 g/mol. The number of carboxylic acids is 1. The first kappa shape index (κ1) is 131. The molecule has 0 aromatic heterocycles. The van der Waals surface area contributed by atoms with Crippen molar-refractivity contribution in [2.45, 2.75) is 379 Å². The molecule has 1 aromatic carbocycles. The Kier molecular flexibility index (Phi) is 66.7. The van der Waals surface area contributed by atoms with E-state index in [2.05, 4.69) is 90.4 Å². The minimum atomic E-state index is -1.76. The van der Waals surface area contributed by atoms with Crippen LogP contribution in [0.3, 0.4) is 0 Å². The van der Waals surface area contributed by atoms with Crippen molar-refractivity contribution in [3.63, 3.8) is 0 Å². The summed E-state index contributed by atoms with van der Waals surface area (Å²) in [7, 11) is 0. The Bertz CT molecular complexity index is 4090. The zero-order chi connectivity index (χ0) is 109. The SMILES string of the molecule is CC(C)C[C@H](NC(=O)[C@H](C)N)C(=O)N[C@@H](Cc1ccc(O)cc1)C(=O)N[C@@H](CCCCN)C(=O)N[C@@H](CCCCN)C(=O)N[C@@H](CC(C)C)C(=O)N[C@@H](CC(C)C)C(=O)N[C@@H](CCCCN)C(=O)N[C@@H](CCCCN)C(=O)N[C@@H](CC(C)C)C(=O)N[C@@H](CC(C)C)C(=O)N[C@@H](CCCCN)C(=O)N[C@@H](CO)C(=O)N[C@@H](C)C(=O)N[C@@H](CCCCN)C(=O)N[C@@H](CCCCN)C(=O)N[C@@H](CC(C)C)C(=O)NCC(=O)O. The number of hydrogen-bond acceptors (Lipinski definition) is 28. The number of nitrogens with two attached hydrogens (primary N) is 8. The summed E-state index contributed by atoms with van der Waals surface area (Å²) < 4.78 is 0. The Morgan fingerprint density at radius 2 is 0.431 bits per heavy atom. The maximum atomic E-state index is 15.0. The van der Waals surface area contributed by atoms with Crippen molar-refractivity contribution in [1.82, 2.24) is 90.4 Å². The number of phenolic OH excluding ortho intramolecular Hbond substituents is 1. The van der Waals surface area contributed by atoms with Gasteiger partial charge >= 0.3 is 5.97 Å². The number of carboxylic acid groups (broad SMARTS) is 1. The Morgan fingerprint density at radius 1 is 0.243 bits per heavy atom. The van der Waals surface area contributed by atoms with Gasteiger partial charge in [-0.25, -0.2) is 0 Å². The number of carbonyl (C=O) groups is 18. The third-order valence-electron chi connectivity index (χ3n) is 23.5. The predicted octanol–water partition coefficient (Wildman–Crippen LogP) is -2.57. The summed E-state index contributed by atoms with van der Waals surface area (Å²) >= 11 is 0. The summed E-state index contributed by atoms with van der Waals surface area (Å²) in [5.41, 5.74) is 47.5. The molecule has 36 N–H and O–H groups in total. The highest BCUT2D eigenvalue weighted by Gasteiger charge is 2.40. The molecule has 822 valence electrons. The summed E-state index contributed by atoms with van der Waals surface area (Å²) in [5, 5.41) is 75.5. The number of benzene rings is 1. The molecule has 0 unspecified atom stereocenters. The van der Waals surface area contributed by atoms with Gasteiger partial charge < -0.3 is 152 Å². The molecule has 0 aliphatic carbocycles. The van der Waals surface area contributed by atoms with Gasteiger partial charge in [0.25, 0.3) is 0 Å². The van der Waals surface area contributed by atoms with Crippen LogP contribution >= 0.6 is 0 Å². The summed E-state index contributed by atoms with van der Waals surface area (Å²) in [6, 6.07) is -16.9. The van der Waals surface area contributed by atoms with Gasteiger partial charge in [-0.15, -0.1) is 0 Å². The van der Waals surface area contributed by atoms with Crippen LogP contribution in [-0.2, 0) is 92.7 Å². The molecule has 144 heavy (non-hydrogen) atoms. The highest BCUT2D eigenvalue weighted by Crippen LogP contribution is 2.20. The van der Waals surface area contributed by atoms with Crippen LogP contribution in [0, 0.1) is 35.5 Å². The first-order valence-electron chi connectivity index (χ1n) is 51.4. The van der Waals surface area contributed by atoms with Crippen molar-refractivity contribution in [3.8, 4) is 5.75 Å². The van der Waals surface area contributed by atoms with Gasteiger partial charge in [-0.2, -0.15) is 0 Å². The van der Waals surface area contributed by atoms with E-state index in [0.717, 1.165) is 0 Å². The first-order chi connectivity index (χ1) is 68.0. The quantitative estimate of drug-likeness (QED) is 0.0298. The summed E-state index contributed by atoms with van der Waals surface area (Å²) in [6.07, 6.45) is 5.00. The molecular formula is C98H179N25O21. The minimum Gasteiger partial charge on any atom is -0.508 e. The van der Waals surface area contributed by atoms with Crippen LogP contribution in [-0.4, -0.2) is 283 Å². The molecule has 46 nitrogen and oxygen atoms in total. The van der Waals surface area contributed by atoms with E-state index >= 15 is 0 Å². The van der Waals surface area contributed by atoms with Gasteiger partial charge in [0, 0.05) is 6.42 Å². The topological polar surface area (TPSA) is 781 Å². The lowest BCUT2D eigenvalue weighted by Gasteiger charge is -2.30. The first-order valence-corrected chi connectivity index (χ1v) is 51.4. The van der Waals surface area contributed by atoms with Crippen molar-refractivity contribution in [3.05, 3.63) is 29.8 Å². The number of amides is 17. The minimum absolute atomic E-state index is 0.00106. The van der Waals surface area contributed by atoms with Gasteiger partial charge in [-0.3, -0.25) is 86.3 Å². The highest BCUT2D eigenvalue weighted by molar-refractivity contribution is 6.01. The Hall–Kier alpha value is -10.9. The second kappa shape index (κ2) is 73.2. The molecule has 0 saturated carbocycles. The standard InChI is InChI=1S/C98H179N25O21/c1-56(2)47-73(84(130)107-54-81(126)127)117-88(134)69(32-18-25-43-102)110-85(131)66(29-15-22-40-99)109-83(129)63(14)108-98(144)80(55-124)123-91(137)72(35-21-28-46-105)114-93(139)76(50-59(7)8)121-96(142)78(52-61(11)12)118-89(135)70(33-19-26-44-103)111-86(132)67(30-16-23-41-100)113-92(138)75(49-58(5)6)120-95(141)77(51-60(9)10)119-90(136)71(34-20-27-45-104)112-87(133)68(31-17-24-42-101)115-97(143)79(53-64-36-38-65(125)39-37-64)122-94(140)74(48-57(3)4)116-82(128)62(13)106/h36-39,56-63,66-80,124-125H,15-35,40-55,99-106H2,1-14H3,(H,107,130)(H,108,144)(H,109,129)(H,110,131)(H,111,132)(H,112,133)(H,113,138)(H,114,139)(H,115,143)(H,116,128)(H,117,134)(H,118,135)(H,119,136)(H,120,141)(H,121,142)(H,122,140)(H,123,137)(H,126,127)/t62-,63-,66-,67-,68-,69-,70-,71-,72-,73-,74-,75-,76-,77-,78-,79-,80-/m0/s1. The third-order valence-corrected chi connectivity index (χ3v) is 23.5. The molecule has 0 fully saturated rings. The summed E-state index contributed by atoms with van der Waals surface area (Å²) in [6.45, 7) is 24.0. The lowest BCUT2D eigenvalue weighted by atomic mass is 9.98. The van der Waals surface area contributed by atoms with Gasteiger partial charge in [0.05, 0.1) is 12.6 Å². The van der Waals surface area contributed by atoms with Crippen molar-refractivity contribution >= 4 is 106 Å². The fraction of sp³-hybridized carbons (Fsp3) is 0.755. The van der Waals surface area contributed by atoms with E-state index in [1.54, 1.807) is 81.4 Å². The Labute approximate surface area is 849 Å². The molecule has 0 aliphatic heterocycles. The van der Waals surface area contributed by atoms with Gasteiger partial charge in [0.15, 0.2) is 0 Å². The molecule has 1 aromatic rings. The van der Waals surface area contributed by atoms with Crippen molar-refractivity contribution < 1.29 is 102 Å². The number of aromatic hydroxyl groups is 1. The van der Waals surface area contributed by atoms with E-state index in [4.69, 9.17) is 45.9 Å². The van der Waals surface area contributed by atoms with E-state index in [0.29, 0.717) is 76.2 Å². The van der Waals surface area contributed by atoms with E-state index < -0.39 is 222 Å². The molecule has 46 heteroatoms. The fourth-order valence-electron chi connectivity index (χ4n) is 15.6. The molecule has 0 spiro atoms. The number of nitrogens with one attached hydrogen (secondary N) is 17. The number of aliphatic hydroxyl groups is 1. The van der Waals surface area contributed by atoms with Crippen LogP contribution in [0.5, 0.6) is 5.75 Å². The predicted molar refractivity (Wildman–Crippen MR) is 547 cm³/mol. The van der Waals surface area contributed by atoms with Crippen LogP contribution in [0.2, 0.25) is 0 Å². The van der Waals surface area contributed by atoms with Crippen LogP contribution in [0.25, 0.3) is 0 Å². The number of aliphatic hydroxyl groups excluding tert-OH is 1. The van der Waals surface area contributed by atoms with Crippen molar-refractivity contribution in [1.29, 1.82) is 0 Å². The molecule has 0 radical (unpaired) electrons. The molecule has 0 heterocycles. The smallest absolute Gasteiger partial charge is 0.322 e. The fourth-order valence-corrected chi connectivity index (χ4v) is 15.6. The van der Waals surface area contributed by atoms with Gasteiger partial charge in [0.1, 0.15) is 109 Å². The second-order valence-electron chi connectivity index (χ2n) is 39.9. The highest BCUT2D eigenvalue weighted by atomic mass is 16.4. The van der Waals surface area contributed by atoms with Gasteiger partial charge in [0.2, 0.25) is 100 Å². The zero-order valence-electron chi connectivity index (χ0n) is 87.6. The molecule has 0 aliphatic rings. The number of aliphatic carboxylic acids is 1. The van der Waals surface area contributed by atoms with Gasteiger partial charge in [-0.1, -0.05) is 95.2 Å². The van der Waals surface area contributed by atoms with Crippen LogP contribution < -0.4 is 136 Å². The van der Waals surface area contributed by atoms with E-state index in [1.165, 1.54) is 26.0 Å². The van der Waals surface area contributed by atoms with Crippen LogP contribution in [0.1, 0.15) is 276 Å².